The Morgan fingerprint density at radius 1 is 0.505 bits per heavy atom. The van der Waals surface area contributed by atoms with E-state index >= 15 is 0 Å². The number of hydrogen-bond donors (Lipinski definition) is 1. The molecule has 12 rings (SSSR count). The van der Waals surface area contributed by atoms with Crippen LogP contribution in [0.3, 0.4) is 0 Å². The first-order valence-corrected chi connectivity index (χ1v) is 40.3. The summed E-state index contributed by atoms with van der Waals surface area (Å²) >= 11 is 27.1. The molecule has 22 heteroatoms. The van der Waals surface area contributed by atoms with Gasteiger partial charge in [-0.25, -0.2) is 9.97 Å². The second-order valence-corrected chi connectivity index (χ2v) is 31.1. The Labute approximate surface area is 644 Å². The van der Waals surface area contributed by atoms with E-state index in [0.717, 1.165) is 186 Å². The number of halogens is 4. The van der Waals surface area contributed by atoms with Crippen LogP contribution in [-0.2, 0) is 56.4 Å². The first-order valence-electron chi connectivity index (χ1n) is 35.6. The Hall–Kier alpha value is -6.75. The van der Waals surface area contributed by atoms with Crippen LogP contribution in [-0.4, -0.2) is 139 Å². The molecule has 0 bridgehead atoms. The molecular formula is C81H97BrCl3N9O6S3. The van der Waals surface area contributed by atoms with E-state index in [1.165, 1.54) is 31.0 Å². The number of nitrogens with zero attached hydrogens (tertiary/aromatic N) is 8. The minimum atomic E-state index is -0.504. The quantitative estimate of drug-likeness (QED) is 0.0414. The van der Waals surface area contributed by atoms with Gasteiger partial charge in [0.2, 0.25) is 11.8 Å². The van der Waals surface area contributed by atoms with Gasteiger partial charge in [0, 0.05) is 106 Å². The van der Waals surface area contributed by atoms with Crippen molar-refractivity contribution in [1.82, 2.24) is 29.2 Å². The summed E-state index contributed by atoms with van der Waals surface area (Å²) < 4.78 is 17.9. The first kappa shape index (κ1) is 80.3. The van der Waals surface area contributed by atoms with Gasteiger partial charge in [-0.05, 0) is 166 Å². The summed E-state index contributed by atoms with van der Waals surface area (Å²) in [4.78, 5) is 67.2. The maximum Gasteiger partial charge on any atom is 0.258 e. The zero-order valence-electron chi connectivity index (χ0n) is 60.7. The number of ether oxygens (including phenoxy) is 3. The summed E-state index contributed by atoms with van der Waals surface area (Å²) in [6.45, 7) is 23.6. The van der Waals surface area contributed by atoms with Crippen LogP contribution in [0.2, 0.25) is 15.1 Å². The van der Waals surface area contributed by atoms with Crippen LogP contribution in [0, 0.1) is 0 Å². The van der Waals surface area contributed by atoms with Crippen molar-refractivity contribution in [3.05, 3.63) is 232 Å². The van der Waals surface area contributed by atoms with E-state index in [4.69, 9.17) is 54.0 Å². The van der Waals surface area contributed by atoms with Gasteiger partial charge >= 0.3 is 0 Å². The van der Waals surface area contributed by atoms with E-state index in [1.54, 1.807) is 50.2 Å². The van der Waals surface area contributed by atoms with Crippen molar-refractivity contribution >= 4 is 113 Å². The van der Waals surface area contributed by atoms with Crippen molar-refractivity contribution in [3.8, 4) is 17.2 Å². The lowest BCUT2D eigenvalue weighted by atomic mass is 9.94. The van der Waals surface area contributed by atoms with E-state index in [1.807, 2.05) is 157 Å². The monoisotopic (exact) mass is 1570 g/mol. The Kier molecular flexibility index (Phi) is 30.4. The fourth-order valence-electron chi connectivity index (χ4n) is 12.4. The van der Waals surface area contributed by atoms with Gasteiger partial charge in [-0.1, -0.05) is 183 Å². The van der Waals surface area contributed by atoms with Crippen molar-refractivity contribution < 1.29 is 28.6 Å². The number of benzene rings is 6. The van der Waals surface area contributed by atoms with Crippen LogP contribution < -0.4 is 29.2 Å². The predicted octanol–water partition coefficient (Wildman–Crippen LogP) is 17.9. The van der Waals surface area contributed by atoms with Crippen LogP contribution >= 0.6 is 84.7 Å². The molecule has 1 N–H and O–H groups in total. The maximum atomic E-state index is 14.0. The second-order valence-electron chi connectivity index (χ2n) is 25.7. The van der Waals surface area contributed by atoms with Crippen LogP contribution in [0.15, 0.2) is 169 Å². The van der Waals surface area contributed by atoms with Crippen molar-refractivity contribution in [2.45, 2.75) is 122 Å². The molecule has 3 aliphatic rings. The topological polar surface area (TPSA) is 147 Å². The molecule has 3 aliphatic carbocycles. The number of anilines is 2. The molecule has 103 heavy (non-hydrogen) atoms. The molecule has 0 aliphatic heterocycles. The number of likely N-dealkylation sites (N-methyl/N-ethyl adjacent to an activating group) is 2. The van der Waals surface area contributed by atoms with E-state index < -0.39 is 16.2 Å². The Balaban J connectivity index is 0.000000171. The fraction of sp³-hybridized carbons (Fsp3) is 0.407. The standard InChI is InChI=1S/2C27H32ClN3O2S.C21H19ClN2O2S.C6H14BrN/c1-4-30(5-2)16-17-31-19-23(18-20-8-6-7-9-24(20)28)34-26(31)29-25(32)27(14-15-27)21-10-12-22(33-3)13-11-21;1-4-30(5-2)16-17-31(25(32)27(14-15-27)21-10-12-22(33-3)13-11-21)26-29-19-23(34-26)18-20-8-6-7-9-24(20)28;1-26-16-8-6-15(7-9-16)21(10-11-21)19(25)24-20-23-13-17(27-20)12-14-4-2-3-5-18(14)22;1-3-8(4-2)6-5-7/h2*6-13,19H,4-5,14-18H2,1-3H3;2-9,13H,10-12H2,1H3,(H,23,24,25);3-6H2,1-2H3. The molecule has 3 fully saturated rings. The zero-order valence-corrected chi connectivity index (χ0v) is 67.0. The van der Waals surface area contributed by atoms with Gasteiger partial charge in [-0.15, -0.1) is 34.0 Å². The Morgan fingerprint density at radius 3 is 1.34 bits per heavy atom. The number of thiazole rings is 3. The Morgan fingerprint density at radius 2 is 0.913 bits per heavy atom. The fourth-order valence-corrected chi connectivity index (χ4v) is 16.3. The van der Waals surface area contributed by atoms with Crippen LogP contribution in [0.1, 0.15) is 128 Å². The number of carbonyl (C=O) groups excluding carboxylic acids is 3. The zero-order chi connectivity index (χ0) is 73.5. The molecule has 0 spiro atoms. The highest BCUT2D eigenvalue weighted by Gasteiger charge is 2.54. The molecule has 0 saturated heterocycles. The van der Waals surface area contributed by atoms with Crippen LogP contribution in [0.4, 0.5) is 10.3 Å². The number of methoxy groups -OCH3 is 3. The first-order chi connectivity index (χ1) is 49.9. The maximum absolute atomic E-state index is 14.0. The van der Waals surface area contributed by atoms with E-state index in [-0.39, 0.29) is 17.7 Å². The van der Waals surface area contributed by atoms with Crippen molar-refractivity contribution in [3.63, 3.8) is 0 Å². The number of aromatic nitrogens is 3. The molecular weight excluding hydrogens is 1480 g/mol. The third-order valence-electron chi connectivity index (χ3n) is 19.5. The third kappa shape index (κ3) is 21.5. The van der Waals surface area contributed by atoms with Gasteiger partial charge in [-0.2, -0.15) is 4.99 Å². The summed E-state index contributed by atoms with van der Waals surface area (Å²) in [6, 6.07) is 47.0. The molecule has 548 valence electrons. The average Bonchev–Trinajstić information content (AvgIpc) is 1.61. The van der Waals surface area contributed by atoms with Gasteiger partial charge in [0.1, 0.15) is 17.2 Å². The van der Waals surface area contributed by atoms with Gasteiger partial charge in [0.05, 0.1) is 37.6 Å². The van der Waals surface area contributed by atoms with Crippen molar-refractivity contribution in [2.24, 2.45) is 4.99 Å². The number of alkyl halides is 1. The summed E-state index contributed by atoms with van der Waals surface area (Å²) in [5, 5.41) is 7.74. The Bertz CT molecular complexity index is 4240. The smallest absolute Gasteiger partial charge is 0.258 e. The summed E-state index contributed by atoms with van der Waals surface area (Å²) in [5.41, 5.74) is 4.88. The summed E-state index contributed by atoms with van der Waals surface area (Å²) in [6.07, 6.45) is 13.0. The highest BCUT2D eigenvalue weighted by atomic mass is 79.9. The van der Waals surface area contributed by atoms with Crippen molar-refractivity contribution in [2.75, 3.05) is 102 Å². The van der Waals surface area contributed by atoms with Crippen molar-refractivity contribution in [1.29, 1.82) is 0 Å². The lowest BCUT2D eigenvalue weighted by molar-refractivity contribution is -0.121. The predicted molar refractivity (Wildman–Crippen MR) is 430 cm³/mol. The van der Waals surface area contributed by atoms with Gasteiger partial charge < -0.3 is 38.8 Å². The molecule has 15 nitrogen and oxygen atoms in total. The molecule has 3 amide bonds. The lowest BCUT2D eigenvalue weighted by Crippen LogP contribution is -2.44. The van der Waals surface area contributed by atoms with Crippen LogP contribution in [0.5, 0.6) is 17.2 Å². The summed E-state index contributed by atoms with van der Waals surface area (Å²) in [5.74, 6) is 2.48. The number of carbonyl (C=O) groups is 3. The molecule has 0 radical (unpaired) electrons. The van der Waals surface area contributed by atoms with Gasteiger partial charge in [0.15, 0.2) is 15.1 Å². The van der Waals surface area contributed by atoms with E-state index in [2.05, 4.69) is 98.2 Å². The number of hydrogen-bond acceptors (Lipinski definition) is 14. The molecule has 6 aromatic carbocycles. The van der Waals surface area contributed by atoms with E-state index in [0.29, 0.717) is 24.5 Å². The summed E-state index contributed by atoms with van der Waals surface area (Å²) in [7, 11) is 4.94. The molecule has 0 atom stereocenters. The third-order valence-corrected chi connectivity index (χ3v) is 24.0. The van der Waals surface area contributed by atoms with Crippen LogP contribution in [0.25, 0.3) is 0 Å². The minimum Gasteiger partial charge on any atom is -0.497 e. The molecule has 0 unspecified atom stereocenters. The molecule has 3 heterocycles. The number of amides is 3. The lowest BCUT2D eigenvalue weighted by Gasteiger charge is -2.28. The number of nitrogens with one attached hydrogen (secondary N) is 1. The van der Waals surface area contributed by atoms with E-state index in [9.17, 15) is 14.4 Å². The largest absolute Gasteiger partial charge is 0.497 e. The second kappa shape index (κ2) is 39.0. The average molecular weight is 1580 g/mol. The highest BCUT2D eigenvalue weighted by Crippen LogP contribution is 2.52. The SMILES string of the molecule is CCN(CC)CCBr.CCN(CC)CCN(C(=O)C1(c2ccc(OC)cc2)CC1)c1ncc(Cc2ccccc2Cl)s1.CCN(CC)CCn1cc(Cc2ccccc2Cl)sc1=NC(=O)C1(c2ccc(OC)cc2)CC1.COc1ccc(C2(C(=O)Nc3ncc(Cc4ccccc4Cl)s3)CC2)cc1. The molecule has 9 aromatic rings. The minimum absolute atomic E-state index is 0.00584. The normalized spacial score (nSPS) is 14.3. The number of rotatable bonds is 31. The van der Waals surface area contributed by atoms with Gasteiger partial charge in [-0.3, -0.25) is 19.3 Å². The molecule has 3 saturated carbocycles. The van der Waals surface area contributed by atoms with Gasteiger partial charge in [0.25, 0.3) is 5.91 Å². The molecule has 3 aromatic heterocycles. The highest BCUT2D eigenvalue weighted by molar-refractivity contribution is 9.09.